The van der Waals surface area contributed by atoms with Crippen LogP contribution in [0.5, 0.6) is 0 Å². The minimum atomic E-state index is -4.07. The monoisotopic (exact) mass is 455 g/mol. The average molecular weight is 456 g/mol. The Hall–Kier alpha value is -2.56. The topological polar surface area (TPSA) is 97.2 Å². The normalized spacial score (nSPS) is 16.0. The molecule has 0 saturated carbocycles. The molecule has 2 amide bonds. The van der Waals surface area contributed by atoms with Crippen LogP contribution in [0.1, 0.15) is 44.5 Å². The van der Waals surface area contributed by atoms with Gasteiger partial charge in [-0.1, -0.05) is 0 Å². The number of aryl methyl sites for hydroxylation is 2. The fourth-order valence-electron chi connectivity index (χ4n) is 3.87. The highest BCUT2D eigenvalue weighted by molar-refractivity contribution is 7.92. The zero-order chi connectivity index (χ0) is 23.0. The van der Waals surface area contributed by atoms with Crippen LogP contribution in [0.3, 0.4) is 0 Å². The molecule has 3 heterocycles. The average Bonchev–Trinajstić information content (AvgIpc) is 3.12. The molecule has 11 heteroatoms. The number of nitrogens with one attached hydrogen (secondary N) is 1. The molecular formula is C20H27F2N5O3S. The van der Waals surface area contributed by atoms with Crippen LogP contribution in [0.25, 0.3) is 0 Å². The SMILES string of the molecule is Cc1ccc(NC(=O)N2CCC(C(C)(C)S(=O)(=O)c3cn(C)nc3C(F)F)CC2)cn1. The van der Waals surface area contributed by atoms with Gasteiger partial charge in [0.1, 0.15) is 10.6 Å². The van der Waals surface area contributed by atoms with Crippen LogP contribution in [0.4, 0.5) is 19.3 Å². The first-order chi connectivity index (χ1) is 14.4. The van der Waals surface area contributed by atoms with Crippen molar-refractivity contribution in [2.75, 3.05) is 18.4 Å². The third kappa shape index (κ3) is 4.56. The van der Waals surface area contributed by atoms with Crippen molar-refractivity contribution in [1.29, 1.82) is 0 Å². The van der Waals surface area contributed by atoms with Gasteiger partial charge in [0.25, 0.3) is 6.43 Å². The number of carbonyl (C=O) groups is 1. The van der Waals surface area contributed by atoms with E-state index in [9.17, 15) is 22.0 Å². The van der Waals surface area contributed by atoms with Crippen molar-refractivity contribution in [1.82, 2.24) is 19.7 Å². The van der Waals surface area contributed by atoms with Gasteiger partial charge in [-0.3, -0.25) is 9.67 Å². The number of halogens is 2. The lowest BCUT2D eigenvalue weighted by atomic mass is 9.86. The van der Waals surface area contributed by atoms with E-state index < -0.39 is 31.6 Å². The number of hydrogen-bond acceptors (Lipinski definition) is 5. The van der Waals surface area contributed by atoms with E-state index >= 15 is 0 Å². The first kappa shape index (κ1) is 23.1. The van der Waals surface area contributed by atoms with E-state index in [1.54, 1.807) is 37.1 Å². The van der Waals surface area contributed by atoms with Crippen LogP contribution in [0.2, 0.25) is 0 Å². The number of rotatable bonds is 5. The van der Waals surface area contributed by atoms with Crippen LogP contribution in [-0.2, 0) is 16.9 Å². The molecule has 1 N–H and O–H groups in total. The number of sulfone groups is 1. The summed E-state index contributed by atoms with van der Waals surface area (Å²) in [6, 6.07) is 3.27. The number of hydrogen-bond donors (Lipinski definition) is 1. The highest BCUT2D eigenvalue weighted by Crippen LogP contribution is 2.40. The van der Waals surface area contributed by atoms with Crippen LogP contribution in [0.15, 0.2) is 29.4 Å². The molecule has 8 nitrogen and oxygen atoms in total. The van der Waals surface area contributed by atoms with Gasteiger partial charge in [-0.05, 0) is 51.7 Å². The quantitative estimate of drug-likeness (QED) is 0.744. The van der Waals surface area contributed by atoms with Crippen molar-refractivity contribution in [3.63, 3.8) is 0 Å². The number of alkyl halides is 2. The van der Waals surface area contributed by atoms with E-state index in [-0.39, 0.29) is 11.9 Å². The molecule has 1 saturated heterocycles. The number of amides is 2. The van der Waals surface area contributed by atoms with Gasteiger partial charge in [0.2, 0.25) is 0 Å². The van der Waals surface area contributed by atoms with E-state index in [0.717, 1.165) is 16.6 Å². The number of aromatic nitrogens is 3. The molecule has 1 fully saturated rings. The largest absolute Gasteiger partial charge is 0.325 e. The highest BCUT2D eigenvalue weighted by atomic mass is 32.2. The van der Waals surface area contributed by atoms with Crippen molar-refractivity contribution < 1.29 is 22.0 Å². The first-order valence-corrected chi connectivity index (χ1v) is 11.5. The summed E-state index contributed by atoms with van der Waals surface area (Å²) < 4.78 is 53.1. The Morgan fingerprint density at radius 1 is 1.26 bits per heavy atom. The number of carbonyl (C=O) groups excluding carboxylic acids is 1. The Balaban J connectivity index is 1.70. The number of likely N-dealkylation sites (tertiary alicyclic amines) is 1. The summed E-state index contributed by atoms with van der Waals surface area (Å²) in [6.45, 7) is 5.70. The van der Waals surface area contributed by atoms with Crippen molar-refractivity contribution in [2.24, 2.45) is 13.0 Å². The molecule has 3 rings (SSSR count). The first-order valence-electron chi connectivity index (χ1n) is 9.98. The Labute approximate surface area is 180 Å². The molecule has 31 heavy (non-hydrogen) atoms. The third-order valence-electron chi connectivity index (χ3n) is 5.94. The molecule has 0 aliphatic carbocycles. The fraction of sp³-hybridized carbons (Fsp3) is 0.550. The highest BCUT2D eigenvalue weighted by Gasteiger charge is 2.46. The van der Waals surface area contributed by atoms with Gasteiger partial charge in [-0.2, -0.15) is 5.10 Å². The van der Waals surface area contributed by atoms with Gasteiger partial charge in [0.15, 0.2) is 9.84 Å². The second-order valence-corrected chi connectivity index (χ2v) is 10.8. The Bertz CT molecular complexity index is 1040. The summed E-state index contributed by atoms with van der Waals surface area (Å²) in [5, 5.41) is 6.42. The maximum absolute atomic E-state index is 13.3. The summed E-state index contributed by atoms with van der Waals surface area (Å²) >= 11 is 0. The van der Waals surface area contributed by atoms with Crippen molar-refractivity contribution in [2.45, 2.75) is 49.7 Å². The molecule has 0 radical (unpaired) electrons. The summed E-state index contributed by atoms with van der Waals surface area (Å²) in [4.78, 5) is 17.9. The Morgan fingerprint density at radius 3 is 2.45 bits per heavy atom. The summed E-state index contributed by atoms with van der Waals surface area (Å²) in [7, 11) is -2.66. The lowest BCUT2D eigenvalue weighted by Crippen LogP contribution is -2.48. The number of pyridine rings is 1. The molecule has 2 aromatic heterocycles. The van der Waals surface area contributed by atoms with E-state index in [0.29, 0.717) is 31.6 Å². The molecule has 0 bridgehead atoms. The van der Waals surface area contributed by atoms with Gasteiger partial charge >= 0.3 is 6.03 Å². The maximum atomic E-state index is 13.3. The van der Waals surface area contributed by atoms with Crippen LogP contribution >= 0.6 is 0 Å². The van der Waals surface area contributed by atoms with Gasteiger partial charge in [0, 0.05) is 32.0 Å². The lowest BCUT2D eigenvalue weighted by Gasteiger charge is -2.40. The zero-order valence-electron chi connectivity index (χ0n) is 18.0. The number of urea groups is 1. The van der Waals surface area contributed by atoms with Crippen molar-refractivity contribution >= 4 is 21.6 Å². The van der Waals surface area contributed by atoms with E-state index in [4.69, 9.17) is 0 Å². The maximum Gasteiger partial charge on any atom is 0.321 e. The van der Waals surface area contributed by atoms with E-state index in [1.165, 1.54) is 7.05 Å². The van der Waals surface area contributed by atoms with Crippen molar-refractivity contribution in [3.05, 3.63) is 35.9 Å². The summed E-state index contributed by atoms with van der Waals surface area (Å²) in [5.74, 6) is -0.298. The number of nitrogens with zero attached hydrogens (tertiary/aromatic N) is 4. The molecule has 1 aliphatic heterocycles. The predicted octanol–water partition coefficient (Wildman–Crippen LogP) is 3.56. The zero-order valence-corrected chi connectivity index (χ0v) is 18.8. The minimum Gasteiger partial charge on any atom is -0.325 e. The molecule has 0 atom stereocenters. The van der Waals surface area contributed by atoms with Crippen LogP contribution < -0.4 is 5.32 Å². The minimum absolute atomic E-state index is 0.281. The Morgan fingerprint density at radius 2 is 1.90 bits per heavy atom. The molecule has 0 spiro atoms. The second-order valence-electron chi connectivity index (χ2n) is 8.34. The van der Waals surface area contributed by atoms with Gasteiger partial charge in [-0.15, -0.1) is 0 Å². The summed E-state index contributed by atoms with van der Waals surface area (Å²) in [5.41, 5.74) is 0.696. The smallest absolute Gasteiger partial charge is 0.321 e. The molecule has 1 aliphatic rings. The van der Waals surface area contributed by atoms with Gasteiger partial charge in [0.05, 0.1) is 16.6 Å². The van der Waals surface area contributed by atoms with Gasteiger partial charge < -0.3 is 10.2 Å². The fourth-order valence-corrected chi connectivity index (χ4v) is 5.80. The van der Waals surface area contributed by atoms with Crippen LogP contribution in [-0.4, -0.2) is 51.9 Å². The van der Waals surface area contributed by atoms with Crippen LogP contribution in [0, 0.1) is 12.8 Å². The molecule has 0 aromatic carbocycles. The number of anilines is 1. The third-order valence-corrected chi connectivity index (χ3v) is 8.55. The standard InChI is InChI=1S/C20H27F2N5O3S/c1-13-5-6-15(11-23-13)24-19(28)27-9-7-14(8-10-27)20(2,3)31(29,30)16-12-26(4)25-17(16)18(21)22/h5-6,11-12,14,18H,7-10H2,1-4H3,(H,24,28). The molecule has 2 aromatic rings. The second kappa shape index (κ2) is 8.52. The van der Waals surface area contributed by atoms with Gasteiger partial charge in [-0.25, -0.2) is 22.0 Å². The van der Waals surface area contributed by atoms with E-state index in [2.05, 4.69) is 15.4 Å². The molecule has 170 valence electrons. The lowest BCUT2D eigenvalue weighted by molar-refractivity contribution is 0.141. The molecule has 0 unspecified atom stereocenters. The molecular weight excluding hydrogens is 428 g/mol. The predicted molar refractivity (Wildman–Crippen MR) is 112 cm³/mol. The summed E-state index contributed by atoms with van der Waals surface area (Å²) in [6.07, 6.45) is 0.608. The van der Waals surface area contributed by atoms with E-state index in [1.807, 2.05) is 6.92 Å². The van der Waals surface area contributed by atoms with Crippen molar-refractivity contribution in [3.8, 4) is 0 Å². The Kier molecular flexibility index (Phi) is 6.35. The number of piperidine rings is 1.